The maximum absolute atomic E-state index is 11.8. The molecule has 0 aliphatic carbocycles. The minimum absolute atomic E-state index is 0.00990. The molecule has 1 aliphatic heterocycles. The van der Waals surface area contributed by atoms with E-state index in [9.17, 15) is 4.79 Å². The molecular weight excluding hydrogens is 212 g/mol. The molecule has 0 aromatic rings. The van der Waals surface area contributed by atoms with Crippen LogP contribution in [-0.2, 0) is 4.79 Å². The van der Waals surface area contributed by atoms with Crippen LogP contribution in [0.2, 0.25) is 0 Å². The van der Waals surface area contributed by atoms with Crippen LogP contribution < -0.4 is 10.6 Å². The molecule has 1 fully saturated rings. The van der Waals surface area contributed by atoms with Crippen molar-refractivity contribution in [2.45, 2.75) is 32.7 Å². The van der Waals surface area contributed by atoms with E-state index in [1.165, 1.54) is 0 Å². The van der Waals surface area contributed by atoms with Crippen LogP contribution in [0.25, 0.3) is 0 Å². The van der Waals surface area contributed by atoms with Crippen molar-refractivity contribution in [2.24, 2.45) is 5.41 Å². The Labute approximate surface area is 96.3 Å². The van der Waals surface area contributed by atoms with E-state index in [2.05, 4.69) is 31.1 Å². The van der Waals surface area contributed by atoms with Gasteiger partial charge in [-0.25, -0.2) is 0 Å². The third kappa shape index (κ3) is 3.50. The molecule has 0 aromatic heterocycles. The van der Waals surface area contributed by atoms with Gasteiger partial charge in [0.2, 0.25) is 5.91 Å². The summed E-state index contributed by atoms with van der Waals surface area (Å²) in [6.45, 7) is 9.01. The second-order valence-corrected chi connectivity index (χ2v) is 5.25. The first-order valence-corrected chi connectivity index (χ1v) is 5.65. The van der Waals surface area contributed by atoms with E-state index >= 15 is 0 Å². The third-order valence-corrected chi connectivity index (χ3v) is 2.98. The van der Waals surface area contributed by atoms with Crippen molar-refractivity contribution in [1.29, 1.82) is 0 Å². The van der Waals surface area contributed by atoms with Gasteiger partial charge in [0.1, 0.15) is 0 Å². The van der Waals surface area contributed by atoms with Gasteiger partial charge in [0.15, 0.2) is 0 Å². The fourth-order valence-corrected chi connectivity index (χ4v) is 2.01. The summed E-state index contributed by atoms with van der Waals surface area (Å²) in [7, 11) is 0. The zero-order valence-electron chi connectivity index (χ0n) is 9.40. The van der Waals surface area contributed by atoms with Gasteiger partial charge >= 0.3 is 0 Å². The van der Waals surface area contributed by atoms with Crippen LogP contribution in [0.5, 0.6) is 0 Å². The summed E-state index contributed by atoms with van der Waals surface area (Å²) < 4.78 is 0. The second kappa shape index (κ2) is 4.99. The van der Waals surface area contributed by atoms with Gasteiger partial charge in [-0.05, 0) is 24.8 Å². The highest BCUT2D eigenvalue weighted by Crippen LogP contribution is 2.30. The lowest BCUT2D eigenvalue weighted by molar-refractivity contribution is -0.126. The fourth-order valence-electron chi connectivity index (χ4n) is 1.94. The number of hydrogen-bond acceptors (Lipinski definition) is 2. The van der Waals surface area contributed by atoms with Crippen molar-refractivity contribution in [3.8, 4) is 0 Å². The van der Waals surface area contributed by atoms with Gasteiger partial charge in [0.25, 0.3) is 0 Å². The summed E-state index contributed by atoms with van der Waals surface area (Å²) in [6.07, 6.45) is 2.19. The minimum atomic E-state index is -0.123. The van der Waals surface area contributed by atoms with E-state index in [1.54, 1.807) is 0 Å². The summed E-state index contributed by atoms with van der Waals surface area (Å²) in [5.74, 6) is 0.0153. The molecular formula is C11H19ClN2O. The molecule has 0 radical (unpaired) electrons. The predicted octanol–water partition coefficient (Wildman–Crippen LogP) is 1.63. The van der Waals surface area contributed by atoms with Gasteiger partial charge in [0.05, 0.1) is 12.6 Å². The smallest absolute Gasteiger partial charge is 0.237 e. The number of amides is 1. The molecule has 3 nitrogen and oxygen atoms in total. The van der Waals surface area contributed by atoms with E-state index in [-0.39, 0.29) is 17.4 Å². The van der Waals surface area contributed by atoms with Crippen molar-refractivity contribution in [1.82, 2.24) is 10.6 Å². The van der Waals surface area contributed by atoms with Crippen LogP contribution in [0.15, 0.2) is 11.6 Å². The topological polar surface area (TPSA) is 41.1 Å². The molecule has 4 heteroatoms. The molecule has 15 heavy (non-hydrogen) atoms. The van der Waals surface area contributed by atoms with Crippen LogP contribution in [0, 0.1) is 5.41 Å². The molecule has 1 amide bonds. The highest BCUT2D eigenvalue weighted by Gasteiger charge is 2.36. The predicted molar refractivity (Wildman–Crippen MR) is 62.8 cm³/mol. The summed E-state index contributed by atoms with van der Waals surface area (Å²) in [5, 5.41) is 6.48. The molecule has 86 valence electrons. The van der Waals surface area contributed by atoms with Crippen molar-refractivity contribution in [2.75, 3.05) is 13.1 Å². The van der Waals surface area contributed by atoms with Gasteiger partial charge in [-0.15, -0.1) is 0 Å². The standard InChI is InChI=1S/C11H19ClN2O/c1-8(12)7-14-10(15)9-11(2,3)5-4-6-13-9/h9,13H,1,4-7H2,2-3H3,(H,14,15). The van der Waals surface area contributed by atoms with Gasteiger partial charge in [0, 0.05) is 5.03 Å². The molecule has 1 heterocycles. The molecule has 2 N–H and O–H groups in total. The van der Waals surface area contributed by atoms with E-state index < -0.39 is 0 Å². The van der Waals surface area contributed by atoms with E-state index in [0.29, 0.717) is 11.6 Å². The first-order valence-electron chi connectivity index (χ1n) is 5.28. The van der Waals surface area contributed by atoms with Crippen LogP contribution >= 0.6 is 11.6 Å². The Morgan fingerprint density at radius 3 is 2.87 bits per heavy atom. The highest BCUT2D eigenvalue weighted by molar-refractivity contribution is 6.29. The summed E-state index contributed by atoms with van der Waals surface area (Å²) in [5.41, 5.74) is 0.00990. The van der Waals surface area contributed by atoms with Crippen LogP contribution in [0.1, 0.15) is 26.7 Å². The molecule has 0 bridgehead atoms. The number of piperidine rings is 1. The van der Waals surface area contributed by atoms with Crippen molar-refractivity contribution >= 4 is 17.5 Å². The molecule has 1 atom stereocenters. The average Bonchev–Trinajstić information content (AvgIpc) is 2.13. The Kier molecular flexibility index (Phi) is 4.17. The van der Waals surface area contributed by atoms with Gasteiger partial charge in [-0.2, -0.15) is 0 Å². The van der Waals surface area contributed by atoms with Crippen LogP contribution in [0.4, 0.5) is 0 Å². The van der Waals surface area contributed by atoms with Crippen LogP contribution in [0.3, 0.4) is 0 Å². The first kappa shape index (κ1) is 12.5. The lowest BCUT2D eigenvalue weighted by atomic mass is 9.77. The van der Waals surface area contributed by atoms with Gasteiger partial charge < -0.3 is 10.6 Å². The lowest BCUT2D eigenvalue weighted by Gasteiger charge is -2.38. The SMILES string of the molecule is C=C(Cl)CNC(=O)C1NCCCC1(C)C. The molecule has 0 aromatic carbocycles. The van der Waals surface area contributed by atoms with Gasteiger partial charge in [-0.3, -0.25) is 4.79 Å². The molecule has 0 saturated carbocycles. The van der Waals surface area contributed by atoms with Gasteiger partial charge in [-0.1, -0.05) is 32.0 Å². The number of rotatable bonds is 3. The zero-order chi connectivity index (χ0) is 11.5. The lowest BCUT2D eigenvalue weighted by Crippen LogP contribution is -2.55. The van der Waals surface area contributed by atoms with E-state index in [4.69, 9.17) is 11.6 Å². The maximum Gasteiger partial charge on any atom is 0.237 e. The largest absolute Gasteiger partial charge is 0.350 e. The third-order valence-electron chi connectivity index (χ3n) is 2.84. The Bertz CT molecular complexity index is 263. The minimum Gasteiger partial charge on any atom is -0.350 e. The van der Waals surface area contributed by atoms with Crippen LogP contribution in [-0.4, -0.2) is 25.0 Å². The monoisotopic (exact) mass is 230 g/mol. The fraction of sp³-hybridized carbons (Fsp3) is 0.727. The quantitative estimate of drug-likeness (QED) is 0.774. The Balaban J connectivity index is 2.53. The number of hydrogen-bond donors (Lipinski definition) is 2. The number of halogens is 1. The van der Waals surface area contributed by atoms with Crippen molar-refractivity contribution < 1.29 is 4.79 Å². The molecule has 1 aliphatic rings. The van der Waals surface area contributed by atoms with E-state index in [0.717, 1.165) is 19.4 Å². The Morgan fingerprint density at radius 1 is 1.67 bits per heavy atom. The molecule has 0 spiro atoms. The normalized spacial score (nSPS) is 24.6. The first-order chi connectivity index (χ1) is 6.93. The molecule has 1 saturated heterocycles. The van der Waals surface area contributed by atoms with E-state index in [1.807, 2.05) is 0 Å². The molecule has 1 unspecified atom stereocenters. The number of carbonyl (C=O) groups excluding carboxylic acids is 1. The number of carbonyl (C=O) groups is 1. The summed E-state index contributed by atoms with van der Waals surface area (Å²) >= 11 is 5.60. The maximum atomic E-state index is 11.8. The summed E-state index contributed by atoms with van der Waals surface area (Å²) in [6, 6.07) is -0.123. The zero-order valence-corrected chi connectivity index (χ0v) is 10.2. The Hall–Kier alpha value is -0.540. The average molecular weight is 231 g/mol. The summed E-state index contributed by atoms with van der Waals surface area (Å²) in [4.78, 5) is 11.8. The Morgan fingerprint density at radius 2 is 2.33 bits per heavy atom. The van der Waals surface area contributed by atoms with Crippen molar-refractivity contribution in [3.63, 3.8) is 0 Å². The van der Waals surface area contributed by atoms with Crippen molar-refractivity contribution in [3.05, 3.63) is 11.6 Å². The molecule has 1 rings (SSSR count). The second-order valence-electron chi connectivity index (χ2n) is 4.71. The number of nitrogens with one attached hydrogen (secondary N) is 2. The highest BCUT2D eigenvalue weighted by atomic mass is 35.5.